The maximum atomic E-state index is 12.6. The van der Waals surface area contributed by atoms with E-state index < -0.39 is 5.41 Å². The van der Waals surface area contributed by atoms with E-state index >= 15 is 0 Å². The summed E-state index contributed by atoms with van der Waals surface area (Å²) in [6.07, 6.45) is 12.2. The Kier molecular flexibility index (Phi) is 5.53. The van der Waals surface area contributed by atoms with E-state index in [1.165, 1.54) is 24.7 Å². The molecule has 4 nitrogen and oxygen atoms in total. The van der Waals surface area contributed by atoms with Gasteiger partial charge in [-0.25, -0.2) is 0 Å². The molecular formula is C30H47NO3. The van der Waals surface area contributed by atoms with Crippen LogP contribution in [0.4, 0.5) is 0 Å². The van der Waals surface area contributed by atoms with Crippen molar-refractivity contribution in [1.82, 2.24) is 0 Å². The van der Waals surface area contributed by atoms with E-state index in [-0.39, 0.29) is 28.3 Å². The average Bonchev–Trinajstić information content (AvgIpc) is 3.20. The number of hydrogen-bond donors (Lipinski definition) is 2. The Hall–Kier alpha value is -1.16. The van der Waals surface area contributed by atoms with Gasteiger partial charge in [-0.05, 0) is 117 Å². The number of nitrogens with zero attached hydrogens (tertiary/aromatic N) is 1. The van der Waals surface area contributed by atoms with Gasteiger partial charge in [-0.1, -0.05) is 45.0 Å². The van der Waals surface area contributed by atoms with Crippen molar-refractivity contribution in [3.05, 3.63) is 12.2 Å². The molecule has 0 amide bonds. The Morgan fingerprint density at radius 1 is 1.00 bits per heavy atom. The standard InChI is InChI=1S/C30H47NO3/c1-19(2)20-9-14-30(18-33)16-15-28(5)21(25(20)30)7-8-23-26(3)12-11-24(31-34)27(4,17-32)22(26)10-13-29(23,28)6/h18,20-23,25,32,34H,1,7-17H2,2-6H3/b31-24-/t20-,21+,22+,23+,25+,26-,27+,28+,29+,30+/m0/s1. The highest BCUT2D eigenvalue weighted by Crippen LogP contribution is 2.77. The number of aliphatic hydroxyl groups excluding tert-OH is 1. The largest absolute Gasteiger partial charge is 0.411 e. The molecule has 0 radical (unpaired) electrons. The zero-order valence-electron chi connectivity index (χ0n) is 22.2. The Bertz CT molecular complexity index is 913. The van der Waals surface area contributed by atoms with Gasteiger partial charge in [0.2, 0.25) is 0 Å². The molecule has 5 rings (SSSR count). The number of fused-ring (bicyclic) bond motifs is 7. The molecule has 0 heterocycles. The number of hydrogen-bond acceptors (Lipinski definition) is 4. The number of aliphatic hydroxyl groups is 1. The van der Waals surface area contributed by atoms with Crippen molar-refractivity contribution < 1.29 is 15.1 Å². The number of rotatable bonds is 3. The highest BCUT2D eigenvalue weighted by Gasteiger charge is 2.71. The van der Waals surface area contributed by atoms with E-state index in [1.54, 1.807) is 0 Å². The second kappa shape index (κ2) is 7.67. The molecule has 0 aliphatic heterocycles. The molecule has 0 aromatic rings. The first-order valence-corrected chi connectivity index (χ1v) is 13.9. The summed E-state index contributed by atoms with van der Waals surface area (Å²) in [5.41, 5.74) is 2.09. The summed E-state index contributed by atoms with van der Waals surface area (Å²) in [5, 5.41) is 24.0. The third kappa shape index (κ3) is 2.75. The lowest BCUT2D eigenvalue weighted by atomic mass is 9.32. The third-order valence-electron chi connectivity index (χ3n) is 13.4. The number of carbonyl (C=O) groups excluding carboxylic acids is 1. The summed E-state index contributed by atoms with van der Waals surface area (Å²) in [6.45, 7) is 16.4. The highest BCUT2D eigenvalue weighted by molar-refractivity contribution is 5.91. The van der Waals surface area contributed by atoms with Gasteiger partial charge < -0.3 is 15.1 Å². The Morgan fingerprint density at radius 2 is 1.74 bits per heavy atom. The van der Waals surface area contributed by atoms with Gasteiger partial charge in [0.15, 0.2) is 0 Å². The van der Waals surface area contributed by atoms with Crippen LogP contribution in [-0.2, 0) is 4.79 Å². The molecule has 10 atom stereocenters. The second-order valence-corrected chi connectivity index (χ2v) is 14.2. The first-order chi connectivity index (χ1) is 16.0. The zero-order valence-corrected chi connectivity index (χ0v) is 22.2. The van der Waals surface area contributed by atoms with Crippen LogP contribution in [0.15, 0.2) is 17.3 Å². The first-order valence-electron chi connectivity index (χ1n) is 13.9. The summed E-state index contributed by atoms with van der Waals surface area (Å²) in [4.78, 5) is 12.6. The molecule has 0 spiro atoms. The summed E-state index contributed by atoms with van der Waals surface area (Å²) in [7, 11) is 0. The molecule has 5 saturated carbocycles. The topological polar surface area (TPSA) is 69.9 Å². The van der Waals surface area contributed by atoms with E-state index in [9.17, 15) is 15.1 Å². The normalized spacial score (nSPS) is 55.6. The van der Waals surface area contributed by atoms with Crippen LogP contribution in [0.5, 0.6) is 0 Å². The molecule has 5 aliphatic rings. The van der Waals surface area contributed by atoms with Crippen LogP contribution in [-0.4, -0.2) is 28.9 Å². The first kappa shape index (κ1) is 24.5. The van der Waals surface area contributed by atoms with Crippen LogP contribution in [0.2, 0.25) is 0 Å². The summed E-state index contributed by atoms with van der Waals surface area (Å²) in [5.74, 6) is 2.46. The van der Waals surface area contributed by atoms with Crippen molar-refractivity contribution in [1.29, 1.82) is 0 Å². The summed E-state index contributed by atoms with van der Waals surface area (Å²) < 4.78 is 0. The van der Waals surface area contributed by atoms with Crippen molar-refractivity contribution in [2.45, 2.75) is 98.8 Å². The minimum absolute atomic E-state index is 0.0558. The van der Waals surface area contributed by atoms with Crippen LogP contribution < -0.4 is 0 Å². The van der Waals surface area contributed by atoms with Gasteiger partial charge in [-0.2, -0.15) is 0 Å². The van der Waals surface area contributed by atoms with Crippen LogP contribution in [0.3, 0.4) is 0 Å². The molecule has 0 saturated heterocycles. The Morgan fingerprint density at radius 3 is 2.35 bits per heavy atom. The number of aldehydes is 1. The Labute approximate surface area is 206 Å². The molecule has 0 aromatic carbocycles. The molecule has 4 heteroatoms. The molecule has 5 fully saturated rings. The zero-order chi connectivity index (χ0) is 24.7. The van der Waals surface area contributed by atoms with Crippen molar-refractivity contribution in [2.24, 2.45) is 61.8 Å². The fourth-order valence-corrected chi connectivity index (χ4v) is 11.4. The van der Waals surface area contributed by atoms with Crippen molar-refractivity contribution in [3.8, 4) is 0 Å². The smallest absolute Gasteiger partial charge is 0.126 e. The van der Waals surface area contributed by atoms with Gasteiger partial charge in [0, 0.05) is 10.8 Å². The summed E-state index contributed by atoms with van der Waals surface area (Å²) in [6, 6.07) is 0. The van der Waals surface area contributed by atoms with Crippen molar-refractivity contribution >= 4 is 12.0 Å². The molecular weight excluding hydrogens is 422 g/mol. The van der Waals surface area contributed by atoms with Crippen LogP contribution in [0.25, 0.3) is 0 Å². The highest BCUT2D eigenvalue weighted by atomic mass is 16.4. The SMILES string of the molecule is C=C(C)[C@@H]1CC[C@]2(C=O)CC[C@]3(C)[C@H](CC[C@@H]4[C@@]5(C)CC/C(=N/O)[C@](C)(CO)[C@@H]5CC[C@]43C)[C@@H]12. The van der Waals surface area contributed by atoms with Crippen LogP contribution in [0, 0.1) is 56.7 Å². The molecule has 5 aliphatic carbocycles. The van der Waals surface area contributed by atoms with E-state index in [0.29, 0.717) is 29.6 Å². The lowest BCUT2D eigenvalue weighted by Gasteiger charge is -2.72. The van der Waals surface area contributed by atoms with Crippen molar-refractivity contribution in [2.75, 3.05) is 6.61 Å². The predicted molar refractivity (Wildman–Crippen MR) is 136 cm³/mol. The average molecular weight is 470 g/mol. The van der Waals surface area contributed by atoms with Gasteiger partial charge in [0.05, 0.1) is 12.3 Å². The van der Waals surface area contributed by atoms with E-state index in [0.717, 1.165) is 57.1 Å². The minimum atomic E-state index is -0.434. The van der Waals surface area contributed by atoms with E-state index in [1.807, 2.05) is 0 Å². The number of allylic oxidation sites excluding steroid dienone is 1. The molecule has 0 aromatic heterocycles. The lowest BCUT2D eigenvalue weighted by molar-refractivity contribution is -0.228. The molecule has 2 N–H and O–H groups in total. The molecule has 0 unspecified atom stereocenters. The van der Waals surface area contributed by atoms with Gasteiger partial charge in [-0.15, -0.1) is 0 Å². The van der Waals surface area contributed by atoms with Gasteiger partial charge in [-0.3, -0.25) is 0 Å². The molecule has 34 heavy (non-hydrogen) atoms. The summed E-state index contributed by atoms with van der Waals surface area (Å²) >= 11 is 0. The third-order valence-corrected chi connectivity index (χ3v) is 13.4. The van der Waals surface area contributed by atoms with E-state index in [4.69, 9.17) is 0 Å². The molecule has 0 bridgehead atoms. The minimum Gasteiger partial charge on any atom is -0.411 e. The maximum absolute atomic E-state index is 12.6. The van der Waals surface area contributed by atoms with Gasteiger partial charge >= 0.3 is 0 Å². The monoisotopic (exact) mass is 469 g/mol. The van der Waals surface area contributed by atoms with E-state index in [2.05, 4.69) is 46.4 Å². The van der Waals surface area contributed by atoms with Crippen molar-refractivity contribution in [3.63, 3.8) is 0 Å². The van der Waals surface area contributed by atoms with Crippen LogP contribution >= 0.6 is 0 Å². The quantitative estimate of drug-likeness (QED) is 0.210. The lowest BCUT2D eigenvalue weighted by Crippen LogP contribution is -2.67. The fraction of sp³-hybridized carbons (Fsp3) is 0.867. The molecule has 190 valence electrons. The fourth-order valence-electron chi connectivity index (χ4n) is 11.4. The predicted octanol–water partition coefficient (Wildman–Crippen LogP) is 6.65. The number of oxime groups is 1. The van der Waals surface area contributed by atoms with Crippen LogP contribution in [0.1, 0.15) is 98.8 Å². The Balaban J connectivity index is 1.56. The maximum Gasteiger partial charge on any atom is 0.126 e. The van der Waals surface area contributed by atoms with Gasteiger partial charge in [0.1, 0.15) is 6.29 Å². The van der Waals surface area contributed by atoms with Gasteiger partial charge in [0.25, 0.3) is 0 Å². The second-order valence-electron chi connectivity index (χ2n) is 14.2. The number of carbonyl (C=O) groups is 1.